The first kappa shape index (κ1) is 14.7. The lowest BCUT2D eigenvalue weighted by Gasteiger charge is -2.00. The Bertz CT molecular complexity index is 540. The Labute approximate surface area is 122 Å². The Morgan fingerprint density at radius 2 is 1.95 bits per heavy atom. The minimum absolute atomic E-state index is 0.136. The number of unbranched alkanes of at least 4 members (excludes halogenated alkanes) is 1. The second-order valence-electron chi connectivity index (χ2n) is 4.64. The van der Waals surface area contributed by atoms with Gasteiger partial charge in [-0.25, -0.2) is 10.5 Å². The van der Waals surface area contributed by atoms with Gasteiger partial charge in [-0.3, -0.25) is 10.0 Å². The van der Waals surface area contributed by atoms with Crippen LogP contribution in [0.15, 0.2) is 35.7 Å². The average Bonchev–Trinajstić information content (AvgIpc) is 2.92. The first-order valence-electron chi connectivity index (χ1n) is 6.68. The van der Waals surface area contributed by atoms with Crippen molar-refractivity contribution < 1.29 is 10.0 Å². The summed E-state index contributed by atoms with van der Waals surface area (Å²) in [5, 5.41) is 11.4. The highest BCUT2D eigenvalue weighted by molar-refractivity contribution is 7.09. The van der Waals surface area contributed by atoms with Crippen LogP contribution < -0.4 is 5.48 Å². The first-order valence-corrected chi connectivity index (χ1v) is 7.56. The number of hydrogen-bond acceptors (Lipinski definition) is 4. The molecule has 0 atom stereocenters. The van der Waals surface area contributed by atoms with Crippen LogP contribution in [0.4, 0.5) is 0 Å². The summed E-state index contributed by atoms with van der Waals surface area (Å²) in [6.07, 6.45) is 4.39. The molecule has 2 rings (SSSR count). The van der Waals surface area contributed by atoms with Gasteiger partial charge < -0.3 is 0 Å². The van der Waals surface area contributed by atoms with E-state index in [4.69, 9.17) is 5.21 Å². The van der Waals surface area contributed by atoms with E-state index in [9.17, 15) is 4.79 Å². The molecule has 1 aromatic carbocycles. The third-order valence-corrected chi connectivity index (χ3v) is 3.97. The highest BCUT2D eigenvalue weighted by Gasteiger charge is 2.06. The van der Waals surface area contributed by atoms with Crippen LogP contribution in [0.2, 0.25) is 0 Å². The molecule has 0 aliphatic carbocycles. The van der Waals surface area contributed by atoms with Crippen molar-refractivity contribution in [1.29, 1.82) is 0 Å². The Kier molecular flexibility index (Phi) is 5.70. The number of aryl methyl sites for hydroxylation is 2. The molecule has 20 heavy (non-hydrogen) atoms. The predicted octanol–water partition coefficient (Wildman–Crippen LogP) is 2.76. The highest BCUT2D eigenvalue weighted by Crippen LogP contribution is 2.14. The molecule has 106 valence electrons. The smallest absolute Gasteiger partial charge is 0.249 e. The van der Waals surface area contributed by atoms with Crippen molar-refractivity contribution in [3.05, 3.63) is 52.0 Å². The molecule has 4 nitrogen and oxygen atoms in total. The molecule has 1 amide bonds. The molecule has 1 aromatic heterocycles. The standard InChI is InChI=1S/C15H18N2O2S/c18-14(17-19)10-13-11-20-15(16-13)9-5-4-8-12-6-2-1-3-7-12/h1-3,6-7,11,19H,4-5,8-10H2,(H,17,18). The molecule has 2 aromatic rings. The number of carbonyl (C=O) groups is 1. The summed E-state index contributed by atoms with van der Waals surface area (Å²) in [6.45, 7) is 0. The number of nitrogens with zero attached hydrogens (tertiary/aromatic N) is 1. The zero-order chi connectivity index (χ0) is 14.2. The van der Waals surface area contributed by atoms with Crippen molar-refractivity contribution >= 4 is 17.2 Å². The minimum Gasteiger partial charge on any atom is -0.289 e. The predicted molar refractivity (Wildman–Crippen MR) is 78.8 cm³/mol. The summed E-state index contributed by atoms with van der Waals surface area (Å²) >= 11 is 1.58. The van der Waals surface area contributed by atoms with E-state index >= 15 is 0 Å². The van der Waals surface area contributed by atoms with Gasteiger partial charge >= 0.3 is 0 Å². The molecule has 0 bridgehead atoms. The van der Waals surface area contributed by atoms with E-state index in [1.54, 1.807) is 16.8 Å². The van der Waals surface area contributed by atoms with E-state index in [2.05, 4.69) is 29.2 Å². The monoisotopic (exact) mass is 290 g/mol. The van der Waals surface area contributed by atoms with Crippen molar-refractivity contribution in [2.75, 3.05) is 0 Å². The van der Waals surface area contributed by atoms with E-state index in [1.807, 2.05) is 11.4 Å². The zero-order valence-electron chi connectivity index (χ0n) is 11.2. The first-order chi connectivity index (χ1) is 9.78. The number of aromatic nitrogens is 1. The maximum absolute atomic E-state index is 11.0. The third kappa shape index (κ3) is 4.75. The lowest BCUT2D eigenvalue weighted by Crippen LogP contribution is -2.20. The fourth-order valence-corrected chi connectivity index (χ4v) is 2.84. The molecule has 0 unspecified atom stereocenters. The molecule has 0 aliphatic heterocycles. The van der Waals surface area contributed by atoms with E-state index in [-0.39, 0.29) is 6.42 Å². The number of amides is 1. The quantitative estimate of drug-likeness (QED) is 0.468. The van der Waals surface area contributed by atoms with Crippen molar-refractivity contribution in [3.63, 3.8) is 0 Å². The summed E-state index contributed by atoms with van der Waals surface area (Å²) in [4.78, 5) is 15.4. The van der Waals surface area contributed by atoms with Gasteiger partial charge in [-0.15, -0.1) is 11.3 Å². The van der Waals surface area contributed by atoms with Gasteiger partial charge in [0.2, 0.25) is 5.91 Å². The minimum atomic E-state index is -0.425. The molecular formula is C15H18N2O2S. The molecule has 0 spiro atoms. The van der Waals surface area contributed by atoms with Crippen molar-refractivity contribution in [2.24, 2.45) is 0 Å². The lowest BCUT2D eigenvalue weighted by molar-refractivity contribution is -0.128. The second kappa shape index (κ2) is 7.77. The van der Waals surface area contributed by atoms with Crippen LogP contribution in [0.5, 0.6) is 0 Å². The largest absolute Gasteiger partial charge is 0.289 e. The van der Waals surface area contributed by atoms with Gasteiger partial charge in [0, 0.05) is 5.38 Å². The second-order valence-corrected chi connectivity index (χ2v) is 5.58. The van der Waals surface area contributed by atoms with Gasteiger partial charge in [0.1, 0.15) is 0 Å². The number of nitrogens with one attached hydrogen (secondary N) is 1. The van der Waals surface area contributed by atoms with Gasteiger partial charge in [-0.1, -0.05) is 30.3 Å². The molecule has 5 heteroatoms. The number of hydroxylamine groups is 1. The zero-order valence-corrected chi connectivity index (χ0v) is 12.0. The fraction of sp³-hybridized carbons (Fsp3) is 0.333. The van der Waals surface area contributed by atoms with Crippen molar-refractivity contribution in [3.8, 4) is 0 Å². The maximum atomic E-state index is 11.0. The van der Waals surface area contributed by atoms with Crippen LogP contribution in [0.1, 0.15) is 29.1 Å². The van der Waals surface area contributed by atoms with Crippen molar-refractivity contribution in [2.45, 2.75) is 32.1 Å². The molecule has 0 saturated heterocycles. The molecular weight excluding hydrogens is 272 g/mol. The Balaban J connectivity index is 1.70. The average molecular weight is 290 g/mol. The molecule has 0 radical (unpaired) electrons. The van der Waals surface area contributed by atoms with Crippen molar-refractivity contribution in [1.82, 2.24) is 10.5 Å². The van der Waals surface area contributed by atoms with E-state index in [0.29, 0.717) is 0 Å². The van der Waals surface area contributed by atoms with Crippen LogP contribution in [-0.4, -0.2) is 16.1 Å². The molecule has 2 N–H and O–H groups in total. The van der Waals surface area contributed by atoms with Gasteiger partial charge in [-0.05, 0) is 31.2 Å². The molecule has 1 heterocycles. The Morgan fingerprint density at radius 3 is 2.70 bits per heavy atom. The van der Waals surface area contributed by atoms with Gasteiger partial charge in [0.25, 0.3) is 0 Å². The molecule has 0 fully saturated rings. The van der Waals surface area contributed by atoms with Crippen LogP contribution in [0, 0.1) is 0 Å². The number of hydrogen-bond donors (Lipinski definition) is 2. The maximum Gasteiger partial charge on any atom is 0.249 e. The number of carbonyl (C=O) groups excluding carboxylic acids is 1. The number of rotatable bonds is 7. The molecule has 0 aliphatic rings. The third-order valence-electron chi connectivity index (χ3n) is 3.01. The van der Waals surface area contributed by atoms with E-state index < -0.39 is 5.91 Å². The Hall–Kier alpha value is -1.72. The van der Waals surface area contributed by atoms with Crippen LogP contribution in [-0.2, 0) is 24.1 Å². The fourth-order valence-electron chi connectivity index (χ4n) is 2.00. The Morgan fingerprint density at radius 1 is 1.20 bits per heavy atom. The van der Waals surface area contributed by atoms with Crippen LogP contribution >= 0.6 is 11.3 Å². The van der Waals surface area contributed by atoms with E-state index in [1.165, 1.54) is 5.56 Å². The van der Waals surface area contributed by atoms with Gasteiger partial charge in [0.05, 0.1) is 17.1 Å². The highest BCUT2D eigenvalue weighted by atomic mass is 32.1. The van der Waals surface area contributed by atoms with Gasteiger partial charge in [0.15, 0.2) is 0 Å². The summed E-state index contributed by atoms with van der Waals surface area (Å²) in [5.74, 6) is -0.425. The van der Waals surface area contributed by atoms with Crippen LogP contribution in [0.3, 0.4) is 0 Å². The summed E-state index contributed by atoms with van der Waals surface area (Å²) in [6, 6.07) is 10.5. The SMILES string of the molecule is O=C(Cc1csc(CCCCc2ccccc2)n1)NO. The summed E-state index contributed by atoms with van der Waals surface area (Å²) < 4.78 is 0. The van der Waals surface area contributed by atoms with E-state index in [0.717, 1.165) is 36.4 Å². The summed E-state index contributed by atoms with van der Waals surface area (Å²) in [7, 11) is 0. The number of benzene rings is 1. The summed E-state index contributed by atoms with van der Waals surface area (Å²) in [5.41, 5.74) is 3.71. The normalized spacial score (nSPS) is 10.4. The molecule has 0 saturated carbocycles. The number of thiazole rings is 1. The van der Waals surface area contributed by atoms with Gasteiger partial charge in [-0.2, -0.15) is 0 Å². The van der Waals surface area contributed by atoms with Crippen LogP contribution in [0.25, 0.3) is 0 Å². The lowest BCUT2D eigenvalue weighted by atomic mass is 10.1. The topological polar surface area (TPSA) is 62.2 Å².